The van der Waals surface area contributed by atoms with Gasteiger partial charge in [0.2, 0.25) is 0 Å². The molecule has 2 aromatic rings. The van der Waals surface area contributed by atoms with Crippen LogP contribution in [-0.4, -0.2) is 61.7 Å². The summed E-state index contributed by atoms with van der Waals surface area (Å²) in [6.45, 7) is 7.75. The van der Waals surface area contributed by atoms with E-state index in [1.807, 2.05) is 13.0 Å². The van der Waals surface area contributed by atoms with Crippen LogP contribution in [0.2, 0.25) is 0 Å². The standard InChI is InChI=1S/C21H28N6OS/c1-16(14-22)26-15-20(27(23)8-7-25-9-11-28-12-10-25)24-18-13-19(29-21(18)26)17-5-3-2-4-6-17/h2-6,13-14H,7-12,15,22-23H2,1H3/b16-14-. The number of ether oxygens (including phenoxy) is 1. The second kappa shape index (κ2) is 8.96. The zero-order chi connectivity index (χ0) is 20.2. The number of fused-ring (bicyclic) bond motifs is 1. The normalized spacial score (nSPS) is 17.8. The van der Waals surface area contributed by atoms with Crippen molar-refractivity contribution in [2.75, 3.05) is 50.8 Å². The quantitative estimate of drug-likeness (QED) is 0.580. The Labute approximate surface area is 175 Å². The number of aliphatic imine (C=N–C) groups is 1. The van der Waals surface area contributed by atoms with E-state index in [9.17, 15) is 0 Å². The average molecular weight is 413 g/mol. The third-order valence-electron chi connectivity index (χ3n) is 5.31. The van der Waals surface area contributed by atoms with Gasteiger partial charge in [0.25, 0.3) is 0 Å². The van der Waals surface area contributed by atoms with Crippen molar-refractivity contribution in [3.8, 4) is 10.4 Å². The molecular weight excluding hydrogens is 384 g/mol. The van der Waals surface area contributed by atoms with E-state index < -0.39 is 0 Å². The summed E-state index contributed by atoms with van der Waals surface area (Å²) < 4.78 is 5.42. The van der Waals surface area contributed by atoms with E-state index in [4.69, 9.17) is 21.3 Å². The van der Waals surface area contributed by atoms with Crippen LogP contribution in [0.25, 0.3) is 10.4 Å². The maximum absolute atomic E-state index is 6.42. The molecule has 0 amide bonds. The summed E-state index contributed by atoms with van der Waals surface area (Å²) in [5.74, 6) is 7.27. The van der Waals surface area contributed by atoms with E-state index in [-0.39, 0.29) is 0 Å². The SMILES string of the molecule is C/C(=C/N)N1CC(N(N)CCN2CCOCC2)=Nc2cc(-c3ccccc3)sc21. The van der Waals surface area contributed by atoms with Crippen LogP contribution in [0.4, 0.5) is 10.7 Å². The Hall–Kier alpha value is -2.39. The molecule has 154 valence electrons. The summed E-state index contributed by atoms with van der Waals surface area (Å²) in [7, 11) is 0. The molecule has 7 nitrogen and oxygen atoms in total. The fourth-order valence-electron chi connectivity index (χ4n) is 3.51. The van der Waals surface area contributed by atoms with Crippen LogP contribution >= 0.6 is 11.3 Å². The number of amidine groups is 1. The van der Waals surface area contributed by atoms with E-state index in [1.54, 1.807) is 22.5 Å². The molecule has 0 bridgehead atoms. The predicted molar refractivity (Wildman–Crippen MR) is 120 cm³/mol. The second-order valence-electron chi connectivity index (χ2n) is 7.24. The van der Waals surface area contributed by atoms with E-state index >= 15 is 0 Å². The third kappa shape index (κ3) is 4.45. The molecule has 4 rings (SSSR count). The number of allylic oxidation sites excluding steroid dienone is 1. The maximum Gasteiger partial charge on any atom is 0.139 e. The van der Waals surface area contributed by atoms with Crippen molar-refractivity contribution in [1.82, 2.24) is 9.91 Å². The molecule has 8 heteroatoms. The van der Waals surface area contributed by atoms with E-state index in [2.05, 4.69) is 40.1 Å². The highest BCUT2D eigenvalue weighted by Crippen LogP contribution is 2.45. The molecule has 1 fully saturated rings. The van der Waals surface area contributed by atoms with E-state index in [0.29, 0.717) is 6.54 Å². The number of hydrazine groups is 1. The summed E-state index contributed by atoms with van der Waals surface area (Å²) in [5, 5.41) is 2.88. The lowest BCUT2D eigenvalue weighted by atomic mass is 10.2. The number of morpholine rings is 1. The summed E-state index contributed by atoms with van der Waals surface area (Å²) in [4.78, 5) is 10.7. The molecule has 0 unspecified atom stereocenters. The van der Waals surface area contributed by atoms with Crippen LogP contribution < -0.4 is 16.5 Å². The summed E-state index contributed by atoms with van der Waals surface area (Å²) >= 11 is 1.73. The molecule has 0 saturated carbocycles. The van der Waals surface area contributed by atoms with E-state index in [0.717, 1.165) is 61.6 Å². The van der Waals surface area contributed by atoms with Crippen LogP contribution in [0.15, 0.2) is 53.3 Å². The molecule has 0 atom stereocenters. The van der Waals surface area contributed by atoms with Gasteiger partial charge in [0.05, 0.1) is 19.8 Å². The molecule has 2 aliphatic heterocycles. The Morgan fingerprint density at radius 1 is 1.28 bits per heavy atom. The van der Waals surface area contributed by atoms with Crippen LogP contribution in [0, 0.1) is 0 Å². The number of hydrogen-bond donors (Lipinski definition) is 2. The van der Waals surface area contributed by atoms with Gasteiger partial charge in [-0.1, -0.05) is 30.3 Å². The van der Waals surface area contributed by atoms with Crippen molar-refractivity contribution >= 4 is 27.9 Å². The van der Waals surface area contributed by atoms with Crippen LogP contribution in [-0.2, 0) is 4.74 Å². The second-order valence-corrected chi connectivity index (χ2v) is 8.27. The number of nitrogens with two attached hydrogens (primary N) is 2. The van der Waals surface area contributed by atoms with Gasteiger partial charge >= 0.3 is 0 Å². The zero-order valence-electron chi connectivity index (χ0n) is 16.8. The van der Waals surface area contributed by atoms with Gasteiger partial charge in [-0.05, 0) is 18.6 Å². The first-order valence-corrected chi connectivity index (χ1v) is 10.7. The Bertz CT molecular complexity index is 888. The molecule has 0 radical (unpaired) electrons. The summed E-state index contributed by atoms with van der Waals surface area (Å²) in [6, 6.07) is 12.5. The van der Waals surface area contributed by atoms with Crippen LogP contribution in [0.3, 0.4) is 0 Å². The van der Waals surface area contributed by atoms with Gasteiger partial charge < -0.3 is 15.4 Å². The maximum atomic E-state index is 6.42. The molecule has 29 heavy (non-hydrogen) atoms. The van der Waals surface area contributed by atoms with Gasteiger partial charge in [-0.25, -0.2) is 10.8 Å². The van der Waals surface area contributed by atoms with Crippen molar-refractivity contribution in [2.45, 2.75) is 6.92 Å². The minimum Gasteiger partial charge on any atom is -0.403 e. The van der Waals surface area contributed by atoms with Gasteiger partial charge in [0.15, 0.2) is 0 Å². The first-order chi connectivity index (χ1) is 14.2. The Morgan fingerprint density at radius 3 is 2.76 bits per heavy atom. The molecule has 1 saturated heterocycles. The third-order valence-corrected chi connectivity index (χ3v) is 6.50. The lowest BCUT2D eigenvalue weighted by Crippen LogP contribution is -2.49. The number of anilines is 1. The van der Waals surface area contributed by atoms with Crippen molar-refractivity contribution in [2.24, 2.45) is 16.6 Å². The fourth-order valence-corrected chi connectivity index (χ4v) is 4.67. The van der Waals surface area contributed by atoms with Gasteiger partial charge in [-0.15, -0.1) is 11.3 Å². The lowest BCUT2D eigenvalue weighted by molar-refractivity contribution is 0.0359. The number of thiophene rings is 1. The Balaban J connectivity index is 1.57. The molecule has 0 aliphatic carbocycles. The molecule has 4 N–H and O–H groups in total. The number of hydrogen-bond acceptors (Lipinski definition) is 8. The predicted octanol–water partition coefficient (Wildman–Crippen LogP) is 2.59. The van der Waals surface area contributed by atoms with Gasteiger partial charge in [-0.3, -0.25) is 9.91 Å². The Morgan fingerprint density at radius 2 is 2.03 bits per heavy atom. The smallest absolute Gasteiger partial charge is 0.139 e. The highest BCUT2D eigenvalue weighted by molar-refractivity contribution is 7.20. The first-order valence-electron chi connectivity index (χ1n) is 9.91. The molecule has 3 heterocycles. The molecule has 2 aliphatic rings. The molecular formula is C21H28N6OS. The van der Waals surface area contributed by atoms with Crippen LogP contribution in [0.1, 0.15) is 6.92 Å². The van der Waals surface area contributed by atoms with Gasteiger partial charge in [0, 0.05) is 43.0 Å². The summed E-state index contributed by atoms with van der Waals surface area (Å²) in [5.41, 5.74) is 8.97. The largest absolute Gasteiger partial charge is 0.403 e. The number of nitrogens with zero attached hydrogens (tertiary/aromatic N) is 4. The highest BCUT2D eigenvalue weighted by Gasteiger charge is 2.26. The summed E-state index contributed by atoms with van der Waals surface area (Å²) in [6.07, 6.45) is 1.64. The van der Waals surface area contributed by atoms with E-state index in [1.165, 1.54) is 10.4 Å². The van der Waals surface area contributed by atoms with Crippen molar-refractivity contribution in [3.05, 3.63) is 48.3 Å². The van der Waals surface area contributed by atoms with Crippen LogP contribution in [0.5, 0.6) is 0 Å². The van der Waals surface area contributed by atoms with Crippen molar-refractivity contribution in [3.63, 3.8) is 0 Å². The molecule has 0 spiro atoms. The van der Waals surface area contributed by atoms with Crippen molar-refractivity contribution < 1.29 is 4.74 Å². The lowest BCUT2D eigenvalue weighted by Gasteiger charge is -2.33. The monoisotopic (exact) mass is 412 g/mol. The highest BCUT2D eigenvalue weighted by atomic mass is 32.1. The zero-order valence-corrected chi connectivity index (χ0v) is 17.6. The number of benzene rings is 1. The fraction of sp³-hybridized carbons (Fsp3) is 0.381. The Kier molecular flexibility index (Phi) is 6.15. The average Bonchev–Trinajstić information content (AvgIpc) is 3.22. The minimum absolute atomic E-state index is 0.612. The molecule has 1 aromatic heterocycles. The topological polar surface area (TPSA) is 83.3 Å². The minimum atomic E-state index is 0.612. The van der Waals surface area contributed by atoms with Gasteiger partial charge in [0.1, 0.15) is 16.5 Å². The first kappa shape index (κ1) is 19.9. The number of rotatable bonds is 5. The van der Waals surface area contributed by atoms with Gasteiger partial charge in [-0.2, -0.15) is 0 Å². The van der Waals surface area contributed by atoms with Crippen molar-refractivity contribution in [1.29, 1.82) is 0 Å². The molecule has 1 aromatic carbocycles.